The van der Waals surface area contributed by atoms with Gasteiger partial charge in [0.15, 0.2) is 37.0 Å². The number of aromatic hydroxyl groups is 2. The lowest BCUT2D eigenvalue weighted by Crippen LogP contribution is -2.67. The lowest BCUT2D eigenvalue weighted by atomic mass is 9.96. The van der Waals surface area contributed by atoms with Gasteiger partial charge in [0.05, 0.1) is 32.0 Å². The van der Waals surface area contributed by atoms with Gasteiger partial charge in [-0.05, 0) is 38.1 Å². The summed E-state index contributed by atoms with van der Waals surface area (Å²) in [5.74, 6) is -3.87. The van der Waals surface area contributed by atoms with Gasteiger partial charge in [0.1, 0.15) is 163 Å². The maximum absolute atomic E-state index is 14.8. The number of carbonyl (C=O) groups is 1. The Labute approximate surface area is 496 Å². The molecule has 6 fully saturated rings. The van der Waals surface area contributed by atoms with Crippen molar-refractivity contribution in [3.05, 3.63) is 46.6 Å². The van der Waals surface area contributed by atoms with E-state index in [1.807, 2.05) is 0 Å². The van der Waals surface area contributed by atoms with E-state index in [2.05, 4.69) is 0 Å². The van der Waals surface area contributed by atoms with Crippen LogP contribution in [0.2, 0.25) is 0 Å². The van der Waals surface area contributed by atoms with E-state index in [1.165, 1.54) is 38.1 Å². The van der Waals surface area contributed by atoms with E-state index in [1.54, 1.807) is 0 Å². The summed E-state index contributed by atoms with van der Waals surface area (Å²) in [4.78, 5) is 26.4. The molecule has 6 saturated heterocycles. The monoisotopic (exact) mass is 1270 g/mol. The van der Waals surface area contributed by atoms with E-state index >= 15 is 0 Å². The highest BCUT2D eigenvalue weighted by Crippen LogP contribution is 2.41. The molecule has 35 heteroatoms. The molecule has 0 saturated carbocycles. The van der Waals surface area contributed by atoms with Crippen molar-refractivity contribution in [2.24, 2.45) is 0 Å². The fourth-order valence-electron chi connectivity index (χ4n) is 10.7. The zero-order chi connectivity index (χ0) is 64.1. The molecule has 7 heterocycles. The van der Waals surface area contributed by atoms with Gasteiger partial charge in [0.25, 0.3) is 0 Å². The van der Waals surface area contributed by atoms with Crippen LogP contribution in [-0.2, 0) is 56.9 Å². The number of benzene rings is 2. The van der Waals surface area contributed by atoms with Crippen LogP contribution in [0.15, 0.2) is 45.6 Å². The second-order valence-corrected chi connectivity index (χ2v) is 21.9. The van der Waals surface area contributed by atoms with E-state index in [0.717, 1.165) is 19.1 Å². The number of phenols is 2. The Balaban J connectivity index is 0.989. The van der Waals surface area contributed by atoms with Crippen LogP contribution in [0.5, 0.6) is 23.0 Å². The standard InChI is InChI=1S/C53H72O35/c1-14-27(59)33(65)38(70)49(77-14)88-47-45(86-51-40(72)35(67)29(61)24(83-51)12-75-16(3)56)31(63)23(11-55)82-53(47)79-19-8-20(58)26-21(9-19)80-44(17-4-6-18(57)7-5-17)46(32(26)64)87-52-41(73)36(68)30(62)25(84-52)13-76-48-42(74)37(69)43(15(2)78-48)85-50-39(71)34(66)28(60)22(10-54)81-50/h4-9,14-15,22-25,27-31,33-43,45,47-55,57-63,65-74H,10-13H2,1-3H3. The molecule has 0 aliphatic carbocycles. The van der Waals surface area contributed by atoms with Crippen molar-refractivity contribution in [1.82, 2.24) is 0 Å². The normalized spacial score (nSPS) is 43.3. The average molecular weight is 1270 g/mol. The van der Waals surface area contributed by atoms with Crippen molar-refractivity contribution < 1.29 is 168 Å². The predicted molar refractivity (Wildman–Crippen MR) is 277 cm³/mol. The molecule has 30 unspecified atom stereocenters. The molecule has 0 radical (unpaired) electrons. The third-order valence-electron chi connectivity index (χ3n) is 15.8. The Hall–Kier alpha value is -4.76. The van der Waals surface area contributed by atoms with Crippen molar-refractivity contribution in [3.63, 3.8) is 0 Å². The highest BCUT2D eigenvalue weighted by molar-refractivity contribution is 5.88. The molecular formula is C53H72O35. The number of esters is 1. The molecule has 9 rings (SSSR count). The summed E-state index contributed by atoms with van der Waals surface area (Å²) in [6, 6.07) is 6.64. The predicted octanol–water partition coefficient (Wildman–Crippen LogP) is -8.85. The van der Waals surface area contributed by atoms with Crippen LogP contribution in [0.1, 0.15) is 20.8 Å². The van der Waals surface area contributed by atoms with E-state index in [4.69, 9.17) is 66.0 Å². The number of carbonyl (C=O) groups excluding carboxylic acids is 1. The highest BCUT2D eigenvalue weighted by atomic mass is 16.8. The van der Waals surface area contributed by atoms with Gasteiger partial charge < -0.3 is 163 Å². The molecule has 35 nitrogen and oxygen atoms in total. The first-order valence-electron chi connectivity index (χ1n) is 27.7. The second-order valence-electron chi connectivity index (χ2n) is 21.9. The number of ether oxygens (including phenoxy) is 13. The lowest BCUT2D eigenvalue weighted by molar-refractivity contribution is -0.383. The summed E-state index contributed by atoms with van der Waals surface area (Å²) < 4.78 is 80.8. The Bertz CT molecular complexity index is 2860. The molecule has 3 aromatic rings. The Morgan fingerprint density at radius 3 is 1.56 bits per heavy atom. The summed E-state index contributed by atoms with van der Waals surface area (Å²) in [5.41, 5.74) is -1.77. The zero-order valence-corrected chi connectivity index (χ0v) is 46.6. The smallest absolute Gasteiger partial charge is 0.302 e. The van der Waals surface area contributed by atoms with Crippen LogP contribution in [0.4, 0.5) is 0 Å². The van der Waals surface area contributed by atoms with Gasteiger partial charge in [-0.25, -0.2) is 0 Å². The third kappa shape index (κ3) is 13.7. The molecule has 6 aliphatic rings. The molecule has 88 heavy (non-hydrogen) atoms. The Morgan fingerprint density at radius 2 is 0.955 bits per heavy atom. The van der Waals surface area contributed by atoms with Crippen molar-refractivity contribution >= 4 is 16.9 Å². The fraction of sp³-hybridized carbons (Fsp3) is 0.698. The van der Waals surface area contributed by atoms with E-state index in [0.29, 0.717) is 0 Å². The number of aliphatic hydroxyl groups is 17. The molecule has 2 aromatic carbocycles. The van der Waals surface area contributed by atoms with Crippen LogP contribution in [-0.4, -0.2) is 314 Å². The summed E-state index contributed by atoms with van der Waals surface area (Å²) in [6.07, 6.45) is -55.2. The summed E-state index contributed by atoms with van der Waals surface area (Å²) in [5, 5.41) is 204. The SMILES string of the molecule is CC(=O)OCC1OC(OC2C(O)C(CO)OC(Oc3cc(O)c4c(=O)c(OC5OC(COC6OC(C)C(OC7OC(CO)C(O)C(O)C7O)C(O)C6O)C(O)C(O)C5O)c(-c5ccc(O)cc5)oc4c3)C2OC2OC(C)C(O)C(O)C2O)C(O)C(O)C1O. The molecule has 1 aromatic heterocycles. The van der Waals surface area contributed by atoms with Gasteiger partial charge in [-0.3, -0.25) is 9.59 Å². The topological polar surface area (TPSA) is 552 Å². The second kappa shape index (κ2) is 28.0. The quantitative estimate of drug-likeness (QED) is 0.0526. The van der Waals surface area contributed by atoms with Crippen LogP contribution < -0.4 is 14.9 Å². The lowest BCUT2D eigenvalue weighted by Gasteiger charge is -2.48. The highest BCUT2D eigenvalue weighted by Gasteiger charge is 2.56. The first kappa shape index (κ1) is 67.6. The maximum Gasteiger partial charge on any atom is 0.302 e. The Morgan fingerprint density at radius 1 is 0.477 bits per heavy atom. The zero-order valence-electron chi connectivity index (χ0n) is 46.6. The van der Waals surface area contributed by atoms with Gasteiger partial charge in [-0.15, -0.1) is 0 Å². The maximum atomic E-state index is 14.8. The number of fused-ring (bicyclic) bond motifs is 1. The Kier molecular flexibility index (Phi) is 21.5. The summed E-state index contributed by atoms with van der Waals surface area (Å²) in [6.45, 7) is 0.391. The van der Waals surface area contributed by atoms with E-state index in [9.17, 15) is 107 Å². The van der Waals surface area contributed by atoms with Crippen molar-refractivity contribution in [3.8, 4) is 34.3 Å². The van der Waals surface area contributed by atoms with Gasteiger partial charge in [-0.2, -0.15) is 0 Å². The molecule has 0 spiro atoms. The molecule has 0 bridgehead atoms. The number of aliphatic hydroxyl groups excluding tert-OH is 17. The molecule has 0 amide bonds. The molecular weight excluding hydrogens is 1200 g/mol. The van der Waals surface area contributed by atoms with Gasteiger partial charge in [0.2, 0.25) is 23.8 Å². The van der Waals surface area contributed by atoms with E-state index in [-0.39, 0.29) is 11.3 Å². The summed E-state index contributed by atoms with van der Waals surface area (Å²) in [7, 11) is 0. The van der Waals surface area contributed by atoms with Gasteiger partial charge >= 0.3 is 5.97 Å². The number of phenolic OH excluding ortho intramolecular Hbond substituents is 2. The number of rotatable bonds is 18. The van der Waals surface area contributed by atoms with Crippen molar-refractivity contribution in [2.75, 3.05) is 26.4 Å². The van der Waals surface area contributed by atoms with Gasteiger partial charge in [0, 0.05) is 24.6 Å². The average Bonchev–Trinajstić information content (AvgIpc) is 1.32. The van der Waals surface area contributed by atoms with Crippen LogP contribution in [0.3, 0.4) is 0 Å². The van der Waals surface area contributed by atoms with Crippen molar-refractivity contribution in [2.45, 2.75) is 205 Å². The molecule has 494 valence electrons. The summed E-state index contributed by atoms with van der Waals surface area (Å²) >= 11 is 0. The fourth-order valence-corrected chi connectivity index (χ4v) is 10.7. The van der Waals surface area contributed by atoms with Crippen LogP contribution in [0, 0.1) is 0 Å². The largest absolute Gasteiger partial charge is 0.508 e. The van der Waals surface area contributed by atoms with E-state index < -0.39 is 256 Å². The first-order valence-corrected chi connectivity index (χ1v) is 27.7. The van der Waals surface area contributed by atoms with Crippen molar-refractivity contribution in [1.29, 1.82) is 0 Å². The first-order chi connectivity index (χ1) is 41.6. The van der Waals surface area contributed by atoms with Crippen LogP contribution >= 0.6 is 0 Å². The molecule has 19 N–H and O–H groups in total. The molecule has 30 atom stereocenters. The number of hydrogen-bond donors (Lipinski definition) is 19. The van der Waals surface area contributed by atoms with Gasteiger partial charge in [-0.1, -0.05) is 0 Å². The molecule has 6 aliphatic heterocycles. The minimum atomic E-state index is -2.18. The van der Waals surface area contributed by atoms with Crippen LogP contribution in [0.25, 0.3) is 22.3 Å². The minimum absolute atomic E-state index is 0.0374. The minimum Gasteiger partial charge on any atom is -0.508 e. The number of hydrogen-bond acceptors (Lipinski definition) is 35. The third-order valence-corrected chi connectivity index (χ3v) is 15.8.